The summed E-state index contributed by atoms with van der Waals surface area (Å²) in [5, 5.41) is 6.52. The molecule has 0 bridgehead atoms. The van der Waals surface area contributed by atoms with Crippen LogP contribution in [0.3, 0.4) is 0 Å². The minimum Gasteiger partial charge on any atom is -0.467 e. The van der Waals surface area contributed by atoms with Crippen molar-refractivity contribution in [2.24, 2.45) is 5.73 Å². The van der Waals surface area contributed by atoms with Gasteiger partial charge in [0.25, 0.3) is 5.56 Å². The maximum Gasteiger partial charge on any atom is 0.293 e. The molecule has 34 heavy (non-hydrogen) atoms. The zero-order valence-electron chi connectivity index (χ0n) is 18.7. The van der Waals surface area contributed by atoms with Gasteiger partial charge < -0.3 is 15.1 Å². The van der Waals surface area contributed by atoms with Gasteiger partial charge in [-0.3, -0.25) is 14.3 Å². The van der Waals surface area contributed by atoms with Crippen LogP contribution in [-0.2, 0) is 13.1 Å². The van der Waals surface area contributed by atoms with E-state index in [1.54, 1.807) is 18.7 Å². The molecule has 0 spiro atoms. The lowest BCUT2D eigenvalue weighted by Gasteiger charge is -2.31. The van der Waals surface area contributed by atoms with Gasteiger partial charge in [0.15, 0.2) is 0 Å². The number of hydrogen-bond acceptors (Lipinski definition) is 7. The van der Waals surface area contributed by atoms with Gasteiger partial charge in [0.2, 0.25) is 5.95 Å². The van der Waals surface area contributed by atoms with Crippen molar-refractivity contribution in [1.82, 2.24) is 24.3 Å². The maximum atomic E-state index is 13.7. The van der Waals surface area contributed by atoms with Crippen LogP contribution in [0.15, 0.2) is 70.3 Å². The summed E-state index contributed by atoms with van der Waals surface area (Å²) >= 11 is 0. The fourth-order valence-electron chi connectivity index (χ4n) is 4.78. The van der Waals surface area contributed by atoms with Crippen LogP contribution in [0.5, 0.6) is 0 Å². The van der Waals surface area contributed by atoms with E-state index in [2.05, 4.69) is 15.0 Å². The van der Waals surface area contributed by atoms with Crippen molar-refractivity contribution in [2.45, 2.75) is 32.0 Å². The zero-order chi connectivity index (χ0) is 23.1. The van der Waals surface area contributed by atoms with Crippen molar-refractivity contribution in [3.05, 3.63) is 82.9 Å². The molecule has 1 atom stereocenters. The number of piperidine rings is 1. The van der Waals surface area contributed by atoms with Gasteiger partial charge in [-0.05, 0) is 36.4 Å². The minimum atomic E-state index is -0.209. The minimum absolute atomic E-state index is 0.0813. The molecular weight excluding hydrogens is 430 g/mol. The lowest BCUT2D eigenvalue weighted by molar-refractivity contribution is 0.478. The molecule has 9 nitrogen and oxygen atoms in total. The summed E-state index contributed by atoms with van der Waals surface area (Å²) in [5.74, 6) is 1.47. The Labute approximate surface area is 195 Å². The van der Waals surface area contributed by atoms with Crippen molar-refractivity contribution in [3.8, 4) is 0 Å². The monoisotopic (exact) mass is 455 g/mol. The average molecular weight is 456 g/mol. The molecule has 1 aromatic carbocycles. The van der Waals surface area contributed by atoms with Gasteiger partial charge in [-0.25, -0.2) is 9.67 Å². The highest BCUT2D eigenvalue weighted by Gasteiger charge is 2.25. The Morgan fingerprint density at radius 3 is 2.88 bits per heavy atom. The van der Waals surface area contributed by atoms with Gasteiger partial charge in [-0.1, -0.05) is 24.3 Å². The molecule has 1 fully saturated rings. The molecule has 5 aromatic rings. The second-order valence-corrected chi connectivity index (χ2v) is 8.75. The second kappa shape index (κ2) is 8.42. The predicted octanol–water partition coefficient (Wildman–Crippen LogP) is 2.76. The van der Waals surface area contributed by atoms with Gasteiger partial charge in [-0.2, -0.15) is 5.10 Å². The number of pyridine rings is 1. The SMILES string of the molecule is NC1CCCN(c2nc3cnn(Cc4nccc5ccccc45)c(=O)c3n2Cc2ccco2)C1. The number of hydrogen-bond donors (Lipinski definition) is 1. The molecule has 0 aliphatic carbocycles. The van der Waals surface area contributed by atoms with Crippen molar-refractivity contribution in [3.63, 3.8) is 0 Å². The van der Waals surface area contributed by atoms with Crippen LogP contribution >= 0.6 is 0 Å². The van der Waals surface area contributed by atoms with Crippen molar-refractivity contribution in [2.75, 3.05) is 18.0 Å². The number of rotatable bonds is 5. The number of aromatic nitrogens is 5. The summed E-state index contributed by atoms with van der Waals surface area (Å²) in [7, 11) is 0. The molecule has 5 heterocycles. The Hall–Kier alpha value is -3.98. The number of benzene rings is 1. The lowest BCUT2D eigenvalue weighted by atomic mass is 10.1. The first-order chi connectivity index (χ1) is 16.7. The van der Waals surface area contributed by atoms with Crippen LogP contribution in [-0.4, -0.2) is 43.4 Å². The van der Waals surface area contributed by atoms with E-state index in [0.717, 1.165) is 47.6 Å². The van der Waals surface area contributed by atoms with E-state index < -0.39 is 0 Å². The molecule has 1 saturated heterocycles. The Morgan fingerprint density at radius 1 is 1.12 bits per heavy atom. The summed E-state index contributed by atoms with van der Waals surface area (Å²) < 4.78 is 9.00. The highest BCUT2D eigenvalue weighted by Crippen LogP contribution is 2.25. The van der Waals surface area contributed by atoms with E-state index in [1.807, 2.05) is 47.0 Å². The van der Waals surface area contributed by atoms with Crippen LogP contribution in [0, 0.1) is 0 Å². The smallest absolute Gasteiger partial charge is 0.293 e. The molecule has 0 amide bonds. The van der Waals surface area contributed by atoms with Gasteiger partial charge in [0.05, 0.1) is 31.2 Å². The third kappa shape index (κ3) is 3.63. The predicted molar refractivity (Wildman–Crippen MR) is 130 cm³/mol. The molecule has 1 aliphatic rings. The first-order valence-corrected chi connectivity index (χ1v) is 11.5. The fourth-order valence-corrected chi connectivity index (χ4v) is 4.78. The molecule has 1 aliphatic heterocycles. The molecule has 4 aromatic heterocycles. The second-order valence-electron chi connectivity index (χ2n) is 8.75. The summed E-state index contributed by atoms with van der Waals surface area (Å²) in [6.07, 6.45) is 7.03. The van der Waals surface area contributed by atoms with Crippen LogP contribution in [0.1, 0.15) is 24.3 Å². The maximum absolute atomic E-state index is 13.7. The Kier molecular flexibility index (Phi) is 5.10. The topological polar surface area (TPSA) is 108 Å². The number of imidazole rings is 1. The van der Waals surface area contributed by atoms with Crippen LogP contribution < -0.4 is 16.2 Å². The van der Waals surface area contributed by atoms with E-state index in [1.165, 1.54) is 4.68 Å². The van der Waals surface area contributed by atoms with Crippen molar-refractivity contribution < 1.29 is 4.42 Å². The highest BCUT2D eigenvalue weighted by molar-refractivity contribution is 5.84. The number of anilines is 1. The first kappa shape index (κ1) is 20.6. The third-order valence-electron chi connectivity index (χ3n) is 6.42. The zero-order valence-corrected chi connectivity index (χ0v) is 18.7. The fraction of sp³-hybridized carbons (Fsp3) is 0.280. The van der Waals surface area contributed by atoms with Gasteiger partial charge in [0.1, 0.15) is 16.8 Å². The molecule has 6 rings (SSSR count). The third-order valence-corrected chi connectivity index (χ3v) is 6.42. The molecule has 2 N–H and O–H groups in total. The van der Waals surface area contributed by atoms with E-state index in [-0.39, 0.29) is 18.1 Å². The van der Waals surface area contributed by atoms with Crippen molar-refractivity contribution in [1.29, 1.82) is 0 Å². The average Bonchev–Trinajstić information content (AvgIpc) is 3.50. The van der Waals surface area contributed by atoms with Crippen molar-refractivity contribution >= 4 is 27.8 Å². The highest BCUT2D eigenvalue weighted by atomic mass is 16.3. The van der Waals surface area contributed by atoms with Crippen LogP contribution in [0.4, 0.5) is 5.95 Å². The van der Waals surface area contributed by atoms with E-state index in [4.69, 9.17) is 15.1 Å². The normalized spacial score (nSPS) is 16.5. The standard InChI is InChI=1S/C25H25N7O2/c26-18-6-3-11-30(14-18)25-29-21-13-28-32(16-22-20-8-2-1-5-17(20)9-10-27-22)24(33)23(21)31(25)15-19-7-4-12-34-19/h1-2,4-5,7-10,12-13,18H,3,6,11,14-16,26H2. The summed E-state index contributed by atoms with van der Waals surface area (Å²) in [6, 6.07) is 13.8. The van der Waals surface area contributed by atoms with E-state index in [0.29, 0.717) is 24.1 Å². The first-order valence-electron chi connectivity index (χ1n) is 11.5. The summed E-state index contributed by atoms with van der Waals surface area (Å²) in [4.78, 5) is 25.2. The van der Waals surface area contributed by atoms with E-state index >= 15 is 0 Å². The number of nitrogens with two attached hydrogens (primary N) is 1. The molecule has 0 radical (unpaired) electrons. The Morgan fingerprint density at radius 2 is 2.03 bits per heavy atom. The quantitative estimate of drug-likeness (QED) is 0.434. The van der Waals surface area contributed by atoms with Crippen LogP contribution in [0.2, 0.25) is 0 Å². The molecule has 0 saturated carbocycles. The Balaban J connectivity index is 1.48. The summed E-state index contributed by atoms with van der Waals surface area (Å²) in [6.45, 7) is 2.21. The van der Waals surface area contributed by atoms with Gasteiger partial charge in [-0.15, -0.1) is 0 Å². The number of furan rings is 1. The molecular formula is C25H25N7O2. The lowest BCUT2D eigenvalue weighted by Crippen LogP contribution is -2.44. The number of fused-ring (bicyclic) bond motifs is 2. The summed E-state index contributed by atoms with van der Waals surface area (Å²) in [5.41, 5.74) is 7.90. The number of nitrogens with zero attached hydrogens (tertiary/aromatic N) is 6. The molecule has 9 heteroatoms. The van der Waals surface area contributed by atoms with Gasteiger partial charge >= 0.3 is 0 Å². The van der Waals surface area contributed by atoms with Gasteiger partial charge in [0, 0.05) is 30.7 Å². The Bertz CT molecular complexity index is 1510. The van der Waals surface area contributed by atoms with E-state index in [9.17, 15) is 4.79 Å². The molecule has 172 valence electrons. The molecule has 1 unspecified atom stereocenters. The largest absolute Gasteiger partial charge is 0.467 e. The van der Waals surface area contributed by atoms with Crippen LogP contribution in [0.25, 0.3) is 21.8 Å².